The minimum atomic E-state index is -0.329. The van der Waals surface area contributed by atoms with Crippen LogP contribution in [-0.4, -0.2) is 45.2 Å². The van der Waals surface area contributed by atoms with Crippen molar-refractivity contribution in [2.45, 2.75) is 31.6 Å². The Morgan fingerprint density at radius 2 is 2.04 bits per heavy atom. The van der Waals surface area contributed by atoms with Crippen molar-refractivity contribution >= 4 is 17.6 Å². The molecule has 8 heteroatoms. The highest BCUT2D eigenvalue weighted by Gasteiger charge is 2.32. The van der Waals surface area contributed by atoms with E-state index in [-0.39, 0.29) is 23.3 Å². The lowest BCUT2D eigenvalue weighted by Crippen LogP contribution is -2.29. The predicted molar refractivity (Wildman–Crippen MR) is 80.2 cm³/mol. The zero-order chi connectivity index (χ0) is 15.8. The number of nitrogens with zero attached hydrogens (tertiary/aromatic N) is 3. The van der Waals surface area contributed by atoms with E-state index in [1.54, 1.807) is 11.0 Å². The first-order valence-corrected chi connectivity index (χ1v) is 7.83. The third-order valence-electron chi connectivity index (χ3n) is 4.26. The molecule has 0 atom stereocenters. The summed E-state index contributed by atoms with van der Waals surface area (Å²) in [5.74, 6) is 0.660. The van der Waals surface area contributed by atoms with Crippen molar-refractivity contribution in [2.24, 2.45) is 0 Å². The van der Waals surface area contributed by atoms with Crippen LogP contribution in [0.2, 0.25) is 0 Å². The molecule has 1 aliphatic heterocycles. The van der Waals surface area contributed by atoms with Crippen LogP contribution in [0.5, 0.6) is 0 Å². The fourth-order valence-electron chi connectivity index (χ4n) is 2.88. The number of amides is 2. The molecule has 8 nitrogen and oxygen atoms in total. The zero-order valence-corrected chi connectivity index (χ0v) is 12.5. The molecule has 0 aromatic carbocycles. The summed E-state index contributed by atoms with van der Waals surface area (Å²) in [5, 5.41) is 12.9. The predicted octanol–water partition coefficient (Wildman–Crippen LogP) is 1.76. The number of furan rings is 1. The van der Waals surface area contributed by atoms with Crippen molar-refractivity contribution in [1.82, 2.24) is 20.3 Å². The lowest BCUT2D eigenvalue weighted by Gasteiger charge is -2.13. The quantitative estimate of drug-likeness (QED) is 0.894. The third kappa shape index (κ3) is 2.60. The normalized spacial score (nSPS) is 17.5. The largest absolute Gasteiger partial charge is 0.468 e. The van der Waals surface area contributed by atoms with E-state index in [1.807, 2.05) is 0 Å². The van der Waals surface area contributed by atoms with Crippen LogP contribution in [0, 0.1) is 0 Å². The molecule has 0 unspecified atom stereocenters. The highest BCUT2D eigenvalue weighted by Crippen LogP contribution is 2.42. The highest BCUT2D eigenvalue weighted by atomic mass is 16.3. The Morgan fingerprint density at radius 1 is 1.26 bits per heavy atom. The van der Waals surface area contributed by atoms with Crippen LogP contribution < -0.4 is 5.32 Å². The molecule has 1 saturated carbocycles. The number of likely N-dealkylation sites (tertiary alicyclic amines) is 1. The summed E-state index contributed by atoms with van der Waals surface area (Å²) >= 11 is 0. The SMILES string of the molecule is O=C(Nc1n[nH]nc1C(=O)N1CCCC1)c1ccoc1C1CC1. The van der Waals surface area contributed by atoms with E-state index in [2.05, 4.69) is 20.7 Å². The Morgan fingerprint density at radius 3 is 2.78 bits per heavy atom. The van der Waals surface area contributed by atoms with Gasteiger partial charge in [-0.3, -0.25) is 9.59 Å². The molecule has 0 bridgehead atoms. The van der Waals surface area contributed by atoms with Gasteiger partial charge >= 0.3 is 0 Å². The first kappa shape index (κ1) is 14.0. The van der Waals surface area contributed by atoms with Crippen LogP contribution >= 0.6 is 0 Å². The van der Waals surface area contributed by atoms with E-state index in [4.69, 9.17) is 4.42 Å². The molecule has 2 aromatic heterocycles. The maximum Gasteiger partial charge on any atom is 0.278 e. The van der Waals surface area contributed by atoms with Gasteiger partial charge in [-0.05, 0) is 31.7 Å². The molecule has 2 amide bonds. The van der Waals surface area contributed by atoms with Gasteiger partial charge in [0.15, 0.2) is 11.5 Å². The summed E-state index contributed by atoms with van der Waals surface area (Å²) in [6.07, 6.45) is 5.57. The average molecular weight is 315 g/mol. The van der Waals surface area contributed by atoms with E-state index in [0.717, 1.165) is 25.7 Å². The topological polar surface area (TPSA) is 104 Å². The van der Waals surface area contributed by atoms with Crippen molar-refractivity contribution in [3.63, 3.8) is 0 Å². The van der Waals surface area contributed by atoms with Gasteiger partial charge in [-0.25, -0.2) is 0 Å². The van der Waals surface area contributed by atoms with Gasteiger partial charge in [-0.2, -0.15) is 5.21 Å². The number of aromatic amines is 1. The highest BCUT2D eigenvalue weighted by molar-refractivity contribution is 6.08. The first-order valence-electron chi connectivity index (χ1n) is 7.83. The maximum atomic E-state index is 12.4. The van der Waals surface area contributed by atoms with Gasteiger partial charge in [0.1, 0.15) is 5.76 Å². The summed E-state index contributed by atoms with van der Waals surface area (Å²) in [5.41, 5.74) is 0.645. The number of hydrogen-bond donors (Lipinski definition) is 2. The van der Waals surface area contributed by atoms with Crippen molar-refractivity contribution in [2.75, 3.05) is 18.4 Å². The number of H-pyrrole nitrogens is 1. The Labute approximate surface area is 132 Å². The molecule has 0 spiro atoms. The summed E-state index contributed by atoms with van der Waals surface area (Å²) in [6.45, 7) is 1.43. The minimum Gasteiger partial charge on any atom is -0.468 e. The molecular formula is C15H17N5O3. The van der Waals surface area contributed by atoms with Gasteiger partial charge in [0.2, 0.25) is 0 Å². The van der Waals surface area contributed by atoms with Crippen LogP contribution in [0.1, 0.15) is 58.2 Å². The number of carbonyl (C=O) groups excluding carboxylic acids is 2. The number of rotatable bonds is 4. The molecule has 120 valence electrons. The second kappa shape index (κ2) is 5.53. The summed E-state index contributed by atoms with van der Waals surface area (Å²) in [4.78, 5) is 26.6. The number of hydrogen-bond acceptors (Lipinski definition) is 5. The molecular weight excluding hydrogens is 298 g/mol. The van der Waals surface area contributed by atoms with Crippen molar-refractivity contribution in [3.05, 3.63) is 29.3 Å². The van der Waals surface area contributed by atoms with Gasteiger partial charge in [0.25, 0.3) is 11.8 Å². The second-order valence-electron chi connectivity index (χ2n) is 5.95. The number of aromatic nitrogens is 3. The Bertz CT molecular complexity index is 740. The molecule has 2 aliphatic rings. The van der Waals surface area contributed by atoms with E-state index >= 15 is 0 Å². The lowest BCUT2D eigenvalue weighted by atomic mass is 10.2. The molecule has 3 heterocycles. The molecule has 2 fully saturated rings. The number of anilines is 1. The number of nitrogens with one attached hydrogen (secondary N) is 2. The average Bonchev–Trinajstić information content (AvgIpc) is 3.03. The van der Waals surface area contributed by atoms with Crippen molar-refractivity contribution in [1.29, 1.82) is 0 Å². The zero-order valence-electron chi connectivity index (χ0n) is 12.5. The smallest absolute Gasteiger partial charge is 0.278 e. The fraction of sp³-hybridized carbons (Fsp3) is 0.467. The minimum absolute atomic E-state index is 0.150. The Hall–Kier alpha value is -2.64. The third-order valence-corrected chi connectivity index (χ3v) is 4.26. The van der Waals surface area contributed by atoms with Crippen LogP contribution in [-0.2, 0) is 0 Å². The Kier molecular flexibility index (Phi) is 3.36. The van der Waals surface area contributed by atoms with Crippen LogP contribution in [0.25, 0.3) is 0 Å². The molecule has 0 radical (unpaired) electrons. The lowest BCUT2D eigenvalue weighted by molar-refractivity contribution is 0.0788. The summed E-state index contributed by atoms with van der Waals surface area (Å²) < 4.78 is 5.41. The van der Waals surface area contributed by atoms with Gasteiger partial charge in [-0.15, -0.1) is 10.2 Å². The second-order valence-corrected chi connectivity index (χ2v) is 5.95. The van der Waals surface area contributed by atoms with Crippen molar-refractivity contribution in [3.8, 4) is 0 Å². The monoisotopic (exact) mass is 315 g/mol. The van der Waals surface area contributed by atoms with Gasteiger partial charge in [-0.1, -0.05) is 0 Å². The van der Waals surface area contributed by atoms with Gasteiger partial charge in [0, 0.05) is 19.0 Å². The molecule has 4 rings (SSSR count). The van der Waals surface area contributed by atoms with Gasteiger partial charge in [0.05, 0.1) is 11.8 Å². The standard InChI is InChI=1S/C15H17N5O3/c21-14(10-5-8-23-12(10)9-3-4-9)16-13-11(17-19-18-13)15(22)20-6-1-2-7-20/h5,8-9H,1-4,6-7H2,(H2,16,17,18,19,21). The van der Waals surface area contributed by atoms with E-state index in [9.17, 15) is 9.59 Å². The van der Waals surface area contributed by atoms with Crippen LogP contribution in [0.3, 0.4) is 0 Å². The van der Waals surface area contributed by atoms with Crippen LogP contribution in [0.4, 0.5) is 5.82 Å². The van der Waals surface area contributed by atoms with E-state index < -0.39 is 0 Å². The van der Waals surface area contributed by atoms with Gasteiger partial charge < -0.3 is 14.6 Å². The molecule has 23 heavy (non-hydrogen) atoms. The summed E-state index contributed by atoms with van der Waals surface area (Å²) in [6, 6.07) is 1.64. The van der Waals surface area contributed by atoms with Crippen molar-refractivity contribution < 1.29 is 14.0 Å². The fourth-order valence-corrected chi connectivity index (χ4v) is 2.88. The summed E-state index contributed by atoms with van der Waals surface area (Å²) in [7, 11) is 0. The maximum absolute atomic E-state index is 12.4. The van der Waals surface area contributed by atoms with E-state index in [0.29, 0.717) is 30.3 Å². The molecule has 2 N–H and O–H groups in total. The first-order chi connectivity index (χ1) is 11.2. The number of carbonyl (C=O) groups is 2. The molecule has 2 aromatic rings. The molecule has 1 saturated heterocycles. The Balaban J connectivity index is 1.52. The van der Waals surface area contributed by atoms with E-state index in [1.165, 1.54) is 6.26 Å². The molecule has 1 aliphatic carbocycles. The van der Waals surface area contributed by atoms with Crippen LogP contribution in [0.15, 0.2) is 16.7 Å².